The van der Waals surface area contributed by atoms with Crippen molar-refractivity contribution in [2.75, 3.05) is 11.1 Å². The van der Waals surface area contributed by atoms with Gasteiger partial charge in [-0.3, -0.25) is 9.59 Å². The Kier molecular flexibility index (Phi) is 8.33. The number of aromatic nitrogens is 3. The summed E-state index contributed by atoms with van der Waals surface area (Å²) in [4.78, 5) is 24.9. The molecule has 0 spiro atoms. The number of carbonyl (C=O) groups is 2. The molecule has 2 aromatic carbocycles. The van der Waals surface area contributed by atoms with Crippen molar-refractivity contribution in [3.05, 3.63) is 82.6 Å². The summed E-state index contributed by atoms with van der Waals surface area (Å²) in [6.45, 7) is 5.99. The highest BCUT2D eigenvalue weighted by Crippen LogP contribution is 2.24. The lowest BCUT2D eigenvalue weighted by molar-refractivity contribution is -0.113. The first kappa shape index (κ1) is 23.8. The van der Waals surface area contributed by atoms with Crippen LogP contribution in [0.15, 0.2) is 66.3 Å². The highest BCUT2D eigenvalue weighted by atomic mass is 35.5. The zero-order valence-corrected chi connectivity index (χ0v) is 19.5. The molecule has 0 aliphatic rings. The van der Waals surface area contributed by atoms with Gasteiger partial charge in [0, 0.05) is 17.3 Å². The smallest absolute Gasteiger partial charge is 0.253 e. The summed E-state index contributed by atoms with van der Waals surface area (Å²) in [6.07, 6.45) is 1.70. The second-order valence-electron chi connectivity index (χ2n) is 6.76. The van der Waals surface area contributed by atoms with Gasteiger partial charge in [0.05, 0.1) is 22.4 Å². The number of hydrogen-bond donors (Lipinski definition) is 2. The molecule has 2 N–H and O–H groups in total. The molecule has 0 bridgehead atoms. The SMILES string of the molecule is C=CCn1c(SCC(=O)Nc2ccccc2)nnc1[C@H](C)NC(=O)c1ccc(Cl)cc1Cl. The number of nitrogens with one attached hydrogen (secondary N) is 2. The van der Waals surface area contributed by atoms with E-state index in [0.717, 1.165) is 5.69 Å². The number of carbonyl (C=O) groups excluding carboxylic acids is 2. The van der Waals surface area contributed by atoms with Crippen LogP contribution in [0.2, 0.25) is 10.0 Å². The summed E-state index contributed by atoms with van der Waals surface area (Å²) in [6, 6.07) is 13.4. The molecule has 3 rings (SSSR count). The molecule has 0 unspecified atom stereocenters. The van der Waals surface area contributed by atoms with Crippen molar-refractivity contribution in [1.82, 2.24) is 20.1 Å². The van der Waals surface area contributed by atoms with Crippen molar-refractivity contribution < 1.29 is 9.59 Å². The average molecular weight is 490 g/mol. The lowest BCUT2D eigenvalue weighted by Crippen LogP contribution is -2.29. The Morgan fingerprint density at radius 3 is 2.62 bits per heavy atom. The van der Waals surface area contributed by atoms with Crippen molar-refractivity contribution in [1.29, 1.82) is 0 Å². The van der Waals surface area contributed by atoms with E-state index >= 15 is 0 Å². The molecule has 0 saturated heterocycles. The summed E-state index contributed by atoms with van der Waals surface area (Å²) in [7, 11) is 0. The summed E-state index contributed by atoms with van der Waals surface area (Å²) in [5.74, 6) is 0.179. The molecule has 0 aliphatic carbocycles. The number of halogens is 2. The van der Waals surface area contributed by atoms with Crippen LogP contribution >= 0.6 is 35.0 Å². The largest absolute Gasteiger partial charge is 0.342 e. The highest BCUT2D eigenvalue weighted by Gasteiger charge is 2.21. The Bertz CT molecular complexity index is 1120. The van der Waals surface area contributed by atoms with Gasteiger partial charge in [0.25, 0.3) is 5.91 Å². The van der Waals surface area contributed by atoms with E-state index in [1.807, 2.05) is 34.9 Å². The van der Waals surface area contributed by atoms with Crippen molar-refractivity contribution in [3.63, 3.8) is 0 Å². The van der Waals surface area contributed by atoms with Gasteiger partial charge in [-0.05, 0) is 37.3 Å². The Hall–Kier alpha value is -2.81. The van der Waals surface area contributed by atoms with Gasteiger partial charge >= 0.3 is 0 Å². The van der Waals surface area contributed by atoms with Crippen LogP contribution in [0.1, 0.15) is 29.1 Å². The van der Waals surface area contributed by atoms with Gasteiger partial charge in [-0.1, -0.05) is 59.2 Å². The quantitative estimate of drug-likeness (QED) is 0.326. The number of benzene rings is 2. The number of anilines is 1. The zero-order valence-electron chi connectivity index (χ0n) is 17.2. The Morgan fingerprint density at radius 1 is 1.19 bits per heavy atom. The molecule has 0 saturated carbocycles. The van der Waals surface area contributed by atoms with E-state index in [1.165, 1.54) is 17.8 Å². The molecule has 2 amide bonds. The minimum absolute atomic E-state index is 0.158. The monoisotopic (exact) mass is 489 g/mol. The lowest BCUT2D eigenvalue weighted by Gasteiger charge is -2.16. The molecular weight excluding hydrogens is 469 g/mol. The van der Waals surface area contributed by atoms with Crippen LogP contribution < -0.4 is 10.6 Å². The first-order valence-electron chi connectivity index (χ1n) is 9.66. The maximum atomic E-state index is 12.7. The fourth-order valence-corrected chi connectivity index (χ4v) is 4.14. The van der Waals surface area contributed by atoms with Crippen molar-refractivity contribution in [2.24, 2.45) is 0 Å². The number of para-hydroxylation sites is 1. The van der Waals surface area contributed by atoms with E-state index < -0.39 is 6.04 Å². The van der Waals surface area contributed by atoms with Gasteiger partial charge in [-0.2, -0.15) is 0 Å². The molecular formula is C22H21Cl2N5O2S. The minimum atomic E-state index is -0.464. The number of nitrogens with zero attached hydrogens (tertiary/aromatic N) is 3. The number of thioether (sulfide) groups is 1. The first-order chi connectivity index (χ1) is 15.4. The van der Waals surface area contributed by atoms with E-state index in [1.54, 1.807) is 25.1 Å². The van der Waals surface area contributed by atoms with E-state index in [4.69, 9.17) is 23.2 Å². The molecule has 7 nitrogen and oxygen atoms in total. The molecule has 10 heteroatoms. The van der Waals surface area contributed by atoms with Crippen molar-refractivity contribution >= 4 is 52.5 Å². The average Bonchev–Trinajstić information content (AvgIpc) is 3.16. The van der Waals surface area contributed by atoms with Crippen LogP contribution in [0.5, 0.6) is 0 Å². The number of rotatable bonds is 9. The van der Waals surface area contributed by atoms with Crippen LogP contribution in [-0.2, 0) is 11.3 Å². The number of amides is 2. The van der Waals surface area contributed by atoms with Gasteiger partial charge in [-0.25, -0.2) is 0 Å². The first-order valence-corrected chi connectivity index (χ1v) is 11.4. The lowest BCUT2D eigenvalue weighted by atomic mass is 10.2. The van der Waals surface area contributed by atoms with E-state index in [2.05, 4.69) is 27.4 Å². The standard InChI is InChI=1S/C22H21Cl2N5O2S/c1-3-11-29-20(14(2)25-21(31)17-10-9-15(23)12-18(17)24)27-28-22(29)32-13-19(30)26-16-7-5-4-6-8-16/h3-10,12,14H,1,11,13H2,2H3,(H,25,31)(H,26,30)/t14-/m0/s1. The maximum Gasteiger partial charge on any atom is 0.253 e. The molecule has 1 heterocycles. The summed E-state index contributed by atoms with van der Waals surface area (Å²) in [5.41, 5.74) is 1.04. The predicted octanol–water partition coefficient (Wildman–Crippen LogP) is 4.99. The zero-order chi connectivity index (χ0) is 23.1. The second kappa shape index (κ2) is 11.2. The topological polar surface area (TPSA) is 88.9 Å². The molecule has 3 aromatic rings. The summed E-state index contributed by atoms with van der Waals surface area (Å²) in [5, 5.41) is 15.4. The fraction of sp³-hybridized carbons (Fsp3) is 0.182. The van der Waals surface area contributed by atoms with Gasteiger partial charge in [0.2, 0.25) is 5.91 Å². The summed E-state index contributed by atoms with van der Waals surface area (Å²) >= 11 is 13.3. The van der Waals surface area contributed by atoms with Crippen molar-refractivity contribution in [2.45, 2.75) is 24.7 Å². The molecule has 1 atom stereocenters. The van der Waals surface area contributed by atoms with Crippen LogP contribution in [0.25, 0.3) is 0 Å². The molecule has 0 fully saturated rings. The highest BCUT2D eigenvalue weighted by molar-refractivity contribution is 7.99. The van der Waals surface area contributed by atoms with E-state index in [9.17, 15) is 9.59 Å². The van der Waals surface area contributed by atoms with Crippen LogP contribution in [0.4, 0.5) is 5.69 Å². The third-order valence-corrected chi connectivity index (χ3v) is 5.87. The Morgan fingerprint density at radius 2 is 1.94 bits per heavy atom. The normalized spacial score (nSPS) is 11.6. The minimum Gasteiger partial charge on any atom is -0.342 e. The van der Waals surface area contributed by atoms with E-state index in [-0.39, 0.29) is 22.6 Å². The predicted molar refractivity (Wildman–Crippen MR) is 128 cm³/mol. The Balaban J connectivity index is 1.68. The van der Waals surface area contributed by atoms with Gasteiger partial charge < -0.3 is 15.2 Å². The fourth-order valence-electron chi connectivity index (χ4n) is 2.89. The summed E-state index contributed by atoms with van der Waals surface area (Å²) < 4.78 is 1.81. The second-order valence-corrected chi connectivity index (χ2v) is 8.55. The molecule has 32 heavy (non-hydrogen) atoms. The van der Waals surface area contributed by atoms with Gasteiger partial charge in [-0.15, -0.1) is 16.8 Å². The third-order valence-electron chi connectivity index (χ3n) is 4.36. The molecule has 166 valence electrons. The van der Waals surface area contributed by atoms with Gasteiger partial charge in [0.1, 0.15) is 0 Å². The van der Waals surface area contributed by atoms with Gasteiger partial charge in [0.15, 0.2) is 11.0 Å². The molecule has 0 radical (unpaired) electrons. The third kappa shape index (κ3) is 6.12. The van der Waals surface area contributed by atoms with Crippen LogP contribution in [0.3, 0.4) is 0 Å². The Labute approximate surface area is 200 Å². The molecule has 1 aromatic heterocycles. The number of allylic oxidation sites excluding steroid dienone is 1. The maximum absolute atomic E-state index is 12.7. The van der Waals surface area contributed by atoms with Crippen LogP contribution in [-0.4, -0.2) is 32.3 Å². The molecule has 0 aliphatic heterocycles. The van der Waals surface area contributed by atoms with Crippen LogP contribution in [0, 0.1) is 0 Å². The number of hydrogen-bond acceptors (Lipinski definition) is 5. The van der Waals surface area contributed by atoms with E-state index in [0.29, 0.717) is 28.1 Å². The van der Waals surface area contributed by atoms with Crippen molar-refractivity contribution in [3.8, 4) is 0 Å².